The molecule has 8 nitrogen and oxygen atoms in total. The number of hydrogen-bond acceptors (Lipinski definition) is 8. The zero-order valence-electron chi connectivity index (χ0n) is 24.4. The van der Waals surface area contributed by atoms with Gasteiger partial charge in [0, 0.05) is 11.6 Å². The summed E-state index contributed by atoms with van der Waals surface area (Å²) in [6, 6.07) is 13.8. The van der Waals surface area contributed by atoms with Crippen molar-refractivity contribution in [2.24, 2.45) is 28.6 Å². The Bertz CT molecular complexity index is 1730. The molecule has 0 spiro atoms. The summed E-state index contributed by atoms with van der Waals surface area (Å²) in [5, 5.41) is 29.2. The molecule has 4 aliphatic rings. The van der Waals surface area contributed by atoms with Crippen molar-refractivity contribution in [3.63, 3.8) is 0 Å². The van der Waals surface area contributed by atoms with E-state index >= 15 is 0 Å². The fourth-order valence-electron chi connectivity index (χ4n) is 9.48. The second-order valence-electron chi connectivity index (χ2n) is 13.5. The molecule has 1 aromatic carbocycles. The third kappa shape index (κ3) is 3.90. The van der Waals surface area contributed by atoms with Crippen LogP contribution in [0, 0.1) is 28.6 Å². The molecule has 0 unspecified atom stereocenters. The summed E-state index contributed by atoms with van der Waals surface area (Å²) in [5.74, 6) is 0.327. The molecule has 43 heavy (non-hydrogen) atoms. The van der Waals surface area contributed by atoms with Crippen LogP contribution in [0.4, 0.5) is 0 Å². The fraction of sp³-hybridized carbons (Fsp3) is 0.471. The number of aliphatic hydroxyl groups is 2. The SMILES string of the molecule is C[C@]12Cc3cnn(-c4ccccc4)c3C=C1CC[C@@H]1[C@@H]2[C@@H](O)C[C@@]2(C)[C@H]1CC[C@]2(O)C(=O)CSc1nc2ncccc2o1. The van der Waals surface area contributed by atoms with Gasteiger partial charge in [-0.15, -0.1) is 0 Å². The van der Waals surface area contributed by atoms with Gasteiger partial charge in [-0.1, -0.05) is 49.4 Å². The average molecular weight is 597 g/mol. The maximum Gasteiger partial charge on any atom is 0.258 e. The van der Waals surface area contributed by atoms with Crippen LogP contribution in [-0.4, -0.2) is 53.2 Å². The van der Waals surface area contributed by atoms with Crippen molar-refractivity contribution in [2.45, 2.75) is 69.3 Å². The van der Waals surface area contributed by atoms with Gasteiger partial charge in [-0.05, 0) is 97.6 Å². The Morgan fingerprint density at radius 3 is 2.81 bits per heavy atom. The Morgan fingerprint density at radius 1 is 1.16 bits per heavy atom. The topological polar surface area (TPSA) is 114 Å². The first-order chi connectivity index (χ1) is 20.7. The largest absolute Gasteiger partial charge is 0.430 e. The molecule has 7 atom stereocenters. The molecule has 3 heterocycles. The monoisotopic (exact) mass is 596 g/mol. The van der Waals surface area contributed by atoms with Crippen LogP contribution in [0.1, 0.15) is 57.2 Å². The Kier molecular flexibility index (Phi) is 6.10. The highest BCUT2D eigenvalue weighted by Gasteiger charge is 2.68. The molecule has 0 radical (unpaired) electrons. The Balaban J connectivity index is 1.05. The number of benzene rings is 1. The maximum atomic E-state index is 13.8. The molecular weight excluding hydrogens is 560 g/mol. The standard InChI is InChI=1S/C34H36N4O4S/c1-32-16-20-18-36-38(22-7-4-3-5-8-22)25(20)15-21(32)10-11-23-24-12-13-34(41,33(24,2)17-26(39)29(23)32)28(40)19-43-31-37-30-27(42-31)9-6-14-35-30/h3-9,14-15,18,23-24,26,29,39,41H,10-13,16-17,19H2,1-2H3/t23-,24-,26-,29+,32-,33-,34-/m0/s1. The number of aliphatic hydroxyl groups excluding tert-OH is 1. The van der Waals surface area contributed by atoms with Crippen LogP contribution in [0.25, 0.3) is 23.0 Å². The Morgan fingerprint density at radius 2 is 2.00 bits per heavy atom. The van der Waals surface area contributed by atoms with E-state index in [1.807, 2.05) is 36.0 Å². The number of carbonyl (C=O) groups is 1. The summed E-state index contributed by atoms with van der Waals surface area (Å²) in [7, 11) is 0. The number of pyridine rings is 1. The van der Waals surface area contributed by atoms with Crippen LogP contribution in [-0.2, 0) is 11.2 Å². The minimum Gasteiger partial charge on any atom is -0.430 e. The summed E-state index contributed by atoms with van der Waals surface area (Å²) < 4.78 is 7.78. The van der Waals surface area contributed by atoms with Gasteiger partial charge >= 0.3 is 0 Å². The highest BCUT2D eigenvalue weighted by molar-refractivity contribution is 7.99. The van der Waals surface area contributed by atoms with Crippen LogP contribution >= 0.6 is 11.8 Å². The van der Waals surface area contributed by atoms with Gasteiger partial charge in [0.25, 0.3) is 5.22 Å². The smallest absolute Gasteiger partial charge is 0.258 e. The molecule has 9 heteroatoms. The molecule has 3 saturated carbocycles. The zero-order chi connectivity index (χ0) is 29.6. The van der Waals surface area contributed by atoms with Crippen molar-refractivity contribution in [3.05, 3.63) is 71.7 Å². The number of carbonyl (C=O) groups excluding carboxylic acids is 1. The number of hydrogen-bond donors (Lipinski definition) is 2. The maximum absolute atomic E-state index is 13.8. The van der Waals surface area contributed by atoms with Gasteiger partial charge in [0.1, 0.15) is 5.60 Å². The van der Waals surface area contributed by atoms with E-state index in [-0.39, 0.29) is 34.7 Å². The third-order valence-corrected chi connectivity index (χ3v) is 12.3. The van der Waals surface area contributed by atoms with E-state index in [0.29, 0.717) is 29.3 Å². The lowest BCUT2D eigenvalue weighted by molar-refractivity contribution is -0.177. The molecule has 4 aromatic rings. The van der Waals surface area contributed by atoms with E-state index in [4.69, 9.17) is 9.52 Å². The van der Waals surface area contributed by atoms with E-state index in [2.05, 4.69) is 35.1 Å². The van der Waals surface area contributed by atoms with Crippen molar-refractivity contribution in [1.82, 2.24) is 19.7 Å². The molecule has 0 saturated heterocycles. The van der Waals surface area contributed by atoms with Crippen LogP contribution in [0.5, 0.6) is 0 Å². The predicted molar refractivity (Wildman–Crippen MR) is 164 cm³/mol. The molecule has 3 aromatic heterocycles. The molecule has 2 N–H and O–H groups in total. The van der Waals surface area contributed by atoms with Crippen LogP contribution in [0.2, 0.25) is 0 Å². The van der Waals surface area contributed by atoms with Gasteiger partial charge in [0.15, 0.2) is 17.0 Å². The van der Waals surface area contributed by atoms with E-state index in [1.54, 1.807) is 18.3 Å². The molecule has 8 rings (SSSR count). The lowest BCUT2D eigenvalue weighted by Gasteiger charge is -2.60. The molecule has 0 amide bonds. The zero-order valence-corrected chi connectivity index (χ0v) is 25.3. The summed E-state index contributed by atoms with van der Waals surface area (Å²) in [5.41, 5.74) is 3.49. The highest BCUT2D eigenvalue weighted by atomic mass is 32.2. The Hall–Kier alpha value is -3.27. The number of aromatic nitrogens is 4. The van der Waals surface area contributed by atoms with E-state index in [0.717, 1.165) is 37.1 Å². The predicted octanol–water partition coefficient (Wildman–Crippen LogP) is 5.65. The molecule has 0 bridgehead atoms. The van der Waals surface area contributed by atoms with E-state index in [1.165, 1.54) is 22.9 Å². The number of fused-ring (bicyclic) bond motifs is 7. The number of thioether (sulfide) groups is 1. The Labute approximate surface area is 254 Å². The van der Waals surface area contributed by atoms with Crippen LogP contribution < -0.4 is 0 Å². The van der Waals surface area contributed by atoms with Crippen molar-refractivity contribution in [1.29, 1.82) is 0 Å². The molecule has 3 fully saturated rings. The van der Waals surface area contributed by atoms with Crippen LogP contribution in [0.15, 0.2) is 70.1 Å². The normalized spacial score (nSPS) is 34.7. The lowest BCUT2D eigenvalue weighted by atomic mass is 9.45. The molecular formula is C34H36N4O4S. The minimum atomic E-state index is -1.49. The quantitative estimate of drug-likeness (QED) is 0.284. The van der Waals surface area contributed by atoms with E-state index in [9.17, 15) is 15.0 Å². The summed E-state index contributed by atoms with van der Waals surface area (Å²) >= 11 is 1.20. The van der Waals surface area contributed by atoms with Crippen molar-refractivity contribution in [3.8, 4) is 5.69 Å². The minimum absolute atomic E-state index is 0.0641. The van der Waals surface area contributed by atoms with Crippen LogP contribution in [0.3, 0.4) is 0 Å². The second kappa shape index (κ2) is 9.61. The van der Waals surface area contributed by atoms with Crippen molar-refractivity contribution in [2.75, 3.05) is 5.75 Å². The number of allylic oxidation sites excluding steroid dienone is 1. The summed E-state index contributed by atoms with van der Waals surface area (Å²) in [6.07, 6.45) is 9.71. The molecule has 4 aliphatic carbocycles. The number of oxazole rings is 1. The number of rotatable bonds is 5. The first-order valence-electron chi connectivity index (χ1n) is 15.3. The third-order valence-electron chi connectivity index (χ3n) is 11.5. The lowest BCUT2D eigenvalue weighted by Crippen LogP contribution is -2.62. The number of nitrogens with zero attached hydrogens (tertiary/aromatic N) is 4. The summed E-state index contributed by atoms with van der Waals surface area (Å²) in [4.78, 5) is 22.4. The first kappa shape index (κ1) is 27.3. The fourth-order valence-corrected chi connectivity index (χ4v) is 10.3. The van der Waals surface area contributed by atoms with Gasteiger partial charge in [0.05, 0.1) is 29.4 Å². The number of Topliss-reactive ketones (excluding diaryl/α,β-unsaturated/α-hetero) is 1. The van der Waals surface area contributed by atoms with Gasteiger partial charge < -0.3 is 14.6 Å². The second-order valence-corrected chi connectivity index (χ2v) is 14.4. The summed E-state index contributed by atoms with van der Waals surface area (Å²) in [6.45, 7) is 4.37. The van der Waals surface area contributed by atoms with Crippen molar-refractivity contribution < 1.29 is 19.4 Å². The first-order valence-corrected chi connectivity index (χ1v) is 16.3. The number of ketones is 1. The highest BCUT2D eigenvalue weighted by Crippen LogP contribution is 2.67. The van der Waals surface area contributed by atoms with Gasteiger partial charge in [-0.2, -0.15) is 10.1 Å². The number of para-hydroxylation sites is 1. The molecule has 222 valence electrons. The van der Waals surface area contributed by atoms with Gasteiger partial charge in [0.2, 0.25) is 0 Å². The van der Waals surface area contributed by atoms with Gasteiger partial charge in [-0.3, -0.25) is 4.79 Å². The van der Waals surface area contributed by atoms with Gasteiger partial charge in [-0.25, -0.2) is 9.67 Å². The average Bonchev–Trinajstić information content (AvgIpc) is 3.68. The van der Waals surface area contributed by atoms with Crippen molar-refractivity contribution >= 4 is 34.9 Å². The van der Waals surface area contributed by atoms with E-state index < -0.39 is 17.1 Å². The molecule has 0 aliphatic heterocycles.